The van der Waals surface area contributed by atoms with Crippen LogP contribution in [0.1, 0.15) is 33.2 Å². The molecule has 0 amide bonds. The summed E-state index contributed by atoms with van der Waals surface area (Å²) in [5.41, 5.74) is -0.236. The van der Waals surface area contributed by atoms with Crippen molar-refractivity contribution < 1.29 is 24.6 Å². The molecule has 0 aliphatic rings. The number of carboxylic acid groups (broad SMARTS) is 2. The van der Waals surface area contributed by atoms with Crippen LogP contribution in [-0.4, -0.2) is 27.9 Å². The molecule has 0 saturated carbocycles. The third-order valence-electron chi connectivity index (χ3n) is 2.06. The summed E-state index contributed by atoms with van der Waals surface area (Å²) >= 11 is 0. The Kier molecular flexibility index (Phi) is 3.40. The number of aromatic carboxylic acids is 2. The summed E-state index contributed by atoms with van der Waals surface area (Å²) in [4.78, 5) is 32.7. The van der Waals surface area contributed by atoms with Gasteiger partial charge in [-0.25, -0.2) is 9.59 Å². The van der Waals surface area contributed by atoms with Gasteiger partial charge in [0, 0.05) is 6.42 Å². The van der Waals surface area contributed by atoms with E-state index in [9.17, 15) is 14.4 Å². The van der Waals surface area contributed by atoms with Gasteiger partial charge in [-0.3, -0.25) is 4.79 Å². The van der Waals surface area contributed by atoms with Crippen LogP contribution in [0, 0.1) is 0 Å². The zero-order valence-corrected chi connectivity index (χ0v) is 8.56. The molecule has 5 heteroatoms. The lowest BCUT2D eigenvalue weighted by Gasteiger charge is -2.07. The van der Waals surface area contributed by atoms with Crippen molar-refractivity contribution in [2.45, 2.75) is 13.3 Å². The van der Waals surface area contributed by atoms with E-state index in [1.54, 1.807) is 0 Å². The highest BCUT2D eigenvalue weighted by atomic mass is 16.4. The van der Waals surface area contributed by atoms with Crippen molar-refractivity contribution in [3.8, 4) is 0 Å². The molecule has 1 aromatic carbocycles. The SMILES string of the molecule is CC(=O)Cc1c(C(=O)O)cccc1C(=O)O. The highest BCUT2D eigenvalue weighted by Crippen LogP contribution is 2.16. The van der Waals surface area contributed by atoms with Crippen molar-refractivity contribution in [2.75, 3.05) is 0 Å². The second-order valence-corrected chi connectivity index (χ2v) is 3.32. The minimum Gasteiger partial charge on any atom is -0.478 e. The van der Waals surface area contributed by atoms with Gasteiger partial charge in [0.2, 0.25) is 0 Å². The molecule has 0 aromatic heterocycles. The number of carbonyl (C=O) groups excluding carboxylic acids is 1. The number of ketones is 1. The monoisotopic (exact) mass is 222 g/mol. The first kappa shape index (κ1) is 11.9. The average molecular weight is 222 g/mol. The Bertz CT molecular complexity index is 429. The van der Waals surface area contributed by atoms with Crippen LogP contribution in [-0.2, 0) is 11.2 Å². The standard InChI is InChI=1S/C11H10O5/c1-6(12)5-9-7(10(13)14)3-2-4-8(9)11(15)16/h2-4H,5H2,1H3,(H,13,14)(H,15,16). The van der Waals surface area contributed by atoms with Crippen LogP contribution >= 0.6 is 0 Å². The number of hydrogen-bond donors (Lipinski definition) is 2. The number of rotatable bonds is 4. The third-order valence-corrected chi connectivity index (χ3v) is 2.06. The van der Waals surface area contributed by atoms with Crippen molar-refractivity contribution in [1.29, 1.82) is 0 Å². The molecule has 84 valence electrons. The third kappa shape index (κ3) is 2.44. The van der Waals surface area contributed by atoms with Crippen LogP contribution in [0.3, 0.4) is 0 Å². The van der Waals surface area contributed by atoms with E-state index in [0.717, 1.165) is 0 Å². The fraction of sp³-hybridized carbons (Fsp3) is 0.182. The first-order chi connectivity index (χ1) is 7.43. The van der Waals surface area contributed by atoms with Gasteiger partial charge in [-0.15, -0.1) is 0 Å². The lowest BCUT2D eigenvalue weighted by molar-refractivity contribution is -0.116. The van der Waals surface area contributed by atoms with Gasteiger partial charge in [-0.05, 0) is 24.6 Å². The lowest BCUT2D eigenvalue weighted by atomic mass is 9.97. The Morgan fingerprint density at radius 2 is 1.50 bits per heavy atom. The molecule has 0 unspecified atom stereocenters. The Balaban J connectivity index is 3.40. The van der Waals surface area contributed by atoms with E-state index < -0.39 is 11.9 Å². The predicted molar refractivity (Wildman–Crippen MR) is 54.7 cm³/mol. The van der Waals surface area contributed by atoms with Gasteiger partial charge in [0.1, 0.15) is 5.78 Å². The minimum absolute atomic E-state index is 0.0509. The van der Waals surface area contributed by atoms with Gasteiger partial charge in [0.15, 0.2) is 0 Å². The topological polar surface area (TPSA) is 91.7 Å². The molecule has 5 nitrogen and oxygen atoms in total. The zero-order valence-electron chi connectivity index (χ0n) is 8.56. The largest absolute Gasteiger partial charge is 0.478 e. The van der Waals surface area contributed by atoms with E-state index in [4.69, 9.17) is 10.2 Å². The van der Waals surface area contributed by atoms with Crippen LogP contribution < -0.4 is 0 Å². The van der Waals surface area contributed by atoms with E-state index in [1.165, 1.54) is 25.1 Å². The Morgan fingerprint density at radius 3 is 1.81 bits per heavy atom. The molecule has 0 radical (unpaired) electrons. The molecule has 0 aliphatic carbocycles. The van der Waals surface area contributed by atoms with Crippen molar-refractivity contribution in [3.63, 3.8) is 0 Å². The van der Waals surface area contributed by atoms with E-state index >= 15 is 0 Å². The highest BCUT2D eigenvalue weighted by molar-refractivity contribution is 5.98. The molecule has 0 aliphatic heterocycles. The maximum atomic E-state index is 11.0. The van der Waals surface area contributed by atoms with E-state index in [0.29, 0.717) is 0 Å². The summed E-state index contributed by atoms with van der Waals surface area (Å²) in [6.07, 6.45) is -0.190. The second kappa shape index (κ2) is 4.57. The molecule has 0 heterocycles. The molecule has 1 aromatic rings. The van der Waals surface area contributed by atoms with Crippen LogP contribution in [0.5, 0.6) is 0 Å². The summed E-state index contributed by atoms with van der Waals surface area (Å²) in [6.45, 7) is 1.28. The van der Waals surface area contributed by atoms with E-state index in [1.807, 2.05) is 0 Å². The quantitative estimate of drug-likeness (QED) is 0.798. The molecule has 0 saturated heterocycles. The van der Waals surface area contributed by atoms with Gasteiger partial charge in [0.05, 0.1) is 11.1 Å². The van der Waals surface area contributed by atoms with Crippen LogP contribution in [0.4, 0.5) is 0 Å². The Labute approximate surface area is 91.3 Å². The summed E-state index contributed by atoms with van der Waals surface area (Å²) < 4.78 is 0. The number of carbonyl (C=O) groups is 3. The molecular weight excluding hydrogens is 212 g/mol. The first-order valence-electron chi connectivity index (χ1n) is 4.51. The molecule has 0 spiro atoms. The second-order valence-electron chi connectivity index (χ2n) is 3.32. The molecule has 0 bridgehead atoms. The molecule has 2 N–H and O–H groups in total. The maximum Gasteiger partial charge on any atom is 0.336 e. The van der Waals surface area contributed by atoms with Gasteiger partial charge < -0.3 is 10.2 Å². The van der Waals surface area contributed by atoms with Gasteiger partial charge in [0.25, 0.3) is 0 Å². The highest BCUT2D eigenvalue weighted by Gasteiger charge is 2.18. The number of Topliss-reactive ketones (excluding diaryl/α,β-unsaturated/α-hetero) is 1. The van der Waals surface area contributed by atoms with E-state index in [-0.39, 0.29) is 28.9 Å². The van der Waals surface area contributed by atoms with Crippen LogP contribution in [0.25, 0.3) is 0 Å². The van der Waals surface area contributed by atoms with Gasteiger partial charge >= 0.3 is 11.9 Å². The number of benzene rings is 1. The molecule has 1 rings (SSSR count). The molecule has 0 fully saturated rings. The van der Waals surface area contributed by atoms with E-state index in [2.05, 4.69) is 0 Å². The van der Waals surface area contributed by atoms with Crippen molar-refractivity contribution >= 4 is 17.7 Å². The van der Waals surface area contributed by atoms with Crippen molar-refractivity contribution in [1.82, 2.24) is 0 Å². The van der Waals surface area contributed by atoms with Gasteiger partial charge in [-0.2, -0.15) is 0 Å². The summed E-state index contributed by atoms with van der Waals surface area (Å²) in [5, 5.41) is 17.8. The number of hydrogen-bond acceptors (Lipinski definition) is 3. The lowest BCUT2D eigenvalue weighted by Crippen LogP contribution is -2.12. The smallest absolute Gasteiger partial charge is 0.336 e. The van der Waals surface area contributed by atoms with Crippen LogP contribution in [0.15, 0.2) is 18.2 Å². The minimum atomic E-state index is -1.24. The Hall–Kier alpha value is -2.17. The predicted octanol–water partition coefficient (Wildman–Crippen LogP) is 1.21. The van der Waals surface area contributed by atoms with Gasteiger partial charge in [-0.1, -0.05) is 6.07 Å². The number of carboxylic acids is 2. The molecule has 16 heavy (non-hydrogen) atoms. The van der Waals surface area contributed by atoms with Crippen LogP contribution in [0.2, 0.25) is 0 Å². The summed E-state index contributed by atoms with van der Waals surface area (Å²) in [6, 6.07) is 3.91. The fourth-order valence-corrected chi connectivity index (χ4v) is 1.43. The molecular formula is C11H10O5. The van der Waals surface area contributed by atoms with Crippen molar-refractivity contribution in [3.05, 3.63) is 34.9 Å². The zero-order chi connectivity index (χ0) is 12.3. The maximum absolute atomic E-state index is 11.0. The summed E-state index contributed by atoms with van der Waals surface area (Å²) in [7, 11) is 0. The normalized spacial score (nSPS) is 9.81. The Morgan fingerprint density at radius 1 is 1.06 bits per heavy atom. The fourth-order valence-electron chi connectivity index (χ4n) is 1.43. The first-order valence-corrected chi connectivity index (χ1v) is 4.51. The summed E-state index contributed by atoms with van der Waals surface area (Å²) in [5.74, 6) is -2.75. The molecule has 0 atom stereocenters. The average Bonchev–Trinajstić information content (AvgIpc) is 2.16. The van der Waals surface area contributed by atoms with Crippen molar-refractivity contribution in [2.24, 2.45) is 0 Å².